The van der Waals surface area contributed by atoms with E-state index in [-0.39, 0.29) is 11.6 Å². The Bertz CT molecular complexity index is 282. The first kappa shape index (κ1) is 12.2. The maximum absolute atomic E-state index is 11.5. The molecule has 1 aliphatic heterocycles. The number of hydrogen-bond acceptors (Lipinski definition) is 3. The van der Waals surface area contributed by atoms with Crippen LogP contribution >= 0.6 is 0 Å². The summed E-state index contributed by atoms with van der Waals surface area (Å²) >= 11 is 0. The molecule has 0 N–H and O–H groups in total. The van der Waals surface area contributed by atoms with E-state index in [1.54, 1.807) is 6.08 Å². The van der Waals surface area contributed by atoms with E-state index in [1.165, 1.54) is 0 Å². The number of carbonyl (C=O) groups excluding carboxylic acids is 1. The van der Waals surface area contributed by atoms with Gasteiger partial charge in [0.2, 0.25) is 0 Å². The number of rotatable bonds is 1. The molecule has 0 unspecified atom stereocenters. The summed E-state index contributed by atoms with van der Waals surface area (Å²) in [4.78, 5) is 11.5. The van der Waals surface area contributed by atoms with Crippen molar-refractivity contribution in [2.75, 3.05) is 6.61 Å². The minimum absolute atomic E-state index is 0.145. The Hall–Kier alpha value is -0.830. The van der Waals surface area contributed by atoms with Gasteiger partial charge < -0.3 is 9.47 Å². The molecule has 0 amide bonds. The standard InChI is InChI=1S/C12H20O3/c1-11(2,3)15-10(13)6-9-7-12(4,5)14-8-9/h6H,7-8H2,1-5H3/b9-6-. The molecular formula is C12H20O3. The Labute approximate surface area is 91.4 Å². The lowest BCUT2D eigenvalue weighted by Gasteiger charge is -2.18. The molecule has 0 radical (unpaired) electrons. The van der Waals surface area contributed by atoms with Gasteiger partial charge in [0.1, 0.15) is 5.60 Å². The molecule has 1 rings (SSSR count). The number of carbonyl (C=O) groups is 1. The van der Waals surface area contributed by atoms with E-state index in [0.29, 0.717) is 6.61 Å². The monoisotopic (exact) mass is 212 g/mol. The average molecular weight is 212 g/mol. The summed E-state index contributed by atoms with van der Waals surface area (Å²) < 4.78 is 10.7. The fraction of sp³-hybridized carbons (Fsp3) is 0.750. The van der Waals surface area contributed by atoms with Crippen molar-refractivity contribution < 1.29 is 14.3 Å². The van der Waals surface area contributed by atoms with Crippen molar-refractivity contribution in [3.8, 4) is 0 Å². The van der Waals surface area contributed by atoms with E-state index in [2.05, 4.69) is 0 Å². The Morgan fingerprint density at radius 3 is 2.47 bits per heavy atom. The van der Waals surface area contributed by atoms with Crippen LogP contribution in [-0.4, -0.2) is 23.8 Å². The molecule has 0 atom stereocenters. The minimum Gasteiger partial charge on any atom is -0.457 e. The van der Waals surface area contributed by atoms with Gasteiger partial charge in [-0.2, -0.15) is 0 Å². The number of hydrogen-bond donors (Lipinski definition) is 0. The van der Waals surface area contributed by atoms with Crippen LogP contribution in [0.3, 0.4) is 0 Å². The quantitative estimate of drug-likeness (QED) is 0.494. The number of esters is 1. The van der Waals surface area contributed by atoms with Gasteiger partial charge in [-0.1, -0.05) is 0 Å². The smallest absolute Gasteiger partial charge is 0.331 e. The molecule has 1 fully saturated rings. The maximum atomic E-state index is 11.5. The molecule has 0 spiro atoms. The summed E-state index contributed by atoms with van der Waals surface area (Å²) in [5.41, 5.74) is 0.436. The summed E-state index contributed by atoms with van der Waals surface area (Å²) in [6.07, 6.45) is 2.35. The highest BCUT2D eigenvalue weighted by atomic mass is 16.6. The Balaban J connectivity index is 2.55. The largest absolute Gasteiger partial charge is 0.457 e. The van der Waals surface area contributed by atoms with Gasteiger partial charge in [-0.15, -0.1) is 0 Å². The fourth-order valence-electron chi connectivity index (χ4n) is 1.53. The molecule has 0 aromatic rings. The summed E-state index contributed by atoms with van der Waals surface area (Å²) in [6, 6.07) is 0. The van der Waals surface area contributed by atoms with Gasteiger partial charge in [0, 0.05) is 6.08 Å². The molecule has 0 saturated carbocycles. The second-order valence-corrected chi connectivity index (χ2v) is 5.56. The second kappa shape index (κ2) is 3.97. The second-order valence-electron chi connectivity index (χ2n) is 5.56. The van der Waals surface area contributed by atoms with Crippen LogP contribution in [0.4, 0.5) is 0 Å². The predicted octanol–water partition coefficient (Wildman–Crippen LogP) is 2.45. The molecule has 0 aliphatic carbocycles. The van der Waals surface area contributed by atoms with E-state index < -0.39 is 5.60 Å². The molecule has 15 heavy (non-hydrogen) atoms. The Morgan fingerprint density at radius 2 is 2.07 bits per heavy atom. The van der Waals surface area contributed by atoms with Crippen LogP contribution in [0, 0.1) is 0 Å². The van der Waals surface area contributed by atoms with Gasteiger partial charge in [-0.05, 0) is 46.6 Å². The van der Waals surface area contributed by atoms with Gasteiger partial charge in [0.25, 0.3) is 0 Å². The lowest BCUT2D eigenvalue weighted by Crippen LogP contribution is -2.22. The lowest BCUT2D eigenvalue weighted by atomic mass is 10.0. The summed E-state index contributed by atoms with van der Waals surface area (Å²) in [5, 5.41) is 0. The van der Waals surface area contributed by atoms with Crippen LogP contribution in [0.5, 0.6) is 0 Å². The van der Waals surface area contributed by atoms with Crippen molar-refractivity contribution in [1.82, 2.24) is 0 Å². The zero-order chi connectivity index (χ0) is 11.7. The van der Waals surface area contributed by atoms with E-state index in [4.69, 9.17) is 9.47 Å². The van der Waals surface area contributed by atoms with Gasteiger partial charge >= 0.3 is 5.97 Å². The highest BCUT2D eigenvalue weighted by Gasteiger charge is 2.28. The third-order valence-corrected chi connectivity index (χ3v) is 2.03. The predicted molar refractivity (Wildman–Crippen MR) is 58.6 cm³/mol. The van der Waals surface area contributed by atoms with Crippen molar-refractivity contribution >= 4 is 5.97 Å². The van der Waals surface area contributed by atoms with E-state index in [0.717, 1.165) is 12.0 Å². The molecule has 0 aromatic carbocycles. The van der Waals surface area contributed by atoms with Gasteiger partial charge in [0.15, 0.2) is 0 Å². The highest BCUT2D eigenvalue weighted by Crippen LogP contribution is 2.28. The Kier molecular flexibility index (Phi) is 3.24. The molecule has 1 aliphatic rings. The molecule has 1 saturated heterocycles. The molecule has 0 aromatic heterocycles. The molecule has 3 nitrogen and oxygen atoms in total. The third kappa shape index (κ3) is 4.47. The maximum Gasteiger partial charge on any atom is 0.331 e. The topological polar surface area (TPSA) is 35.5 Å². The van der Waals surface area contributed by atoms with E-state index in [9.17, 15) is 4.79 Å². The van der Waals surface area contributed by atoms with Gasteiger partial charge in [-0.3, -0.25) is 0 Å². The van der Waals surface area contributed by atoms with Crippen LogP contribution in [0.15, 0.2) is 11.6 Å². The van der Waals surface area contributed by atoms with E-state index in [1.807, 2.05) is 34.6 Å². The summed E-state index contributed by atoms with van der Waals surface area (Å²) in [6.45, 7) is 10.1. The summed E-state index contributed by atoms with van der Waals surface area (Å²) in [7, 11) is 0. The van der Waals surface area contributed by atoms with Crippen molar-refractivity contribution in [1.29, 1.82) is 0 Å². The van der Waals surface area contributed by atoms with Crippen LogP contribution in [0.2, 0.25) is 0 Å². The van der Waals surface area contributed by atoms with Crippen LogP contribution in [0.1, 0.15) is 41.0 Å². The molecular weight excluding hydrogens is 192 g/mol. The van der Waals surface area contributed by atoms with E-state index >= 15 is 0 Å². The first-order chi connectivity index (χ1) is 6.68. The zero-order valence-electron chi connectivity index (χ0n) is 10.2. The lowest BCUT2D eigenvalue weighted by molar-refractivity contribution is -0.148. The summed E-state index contributed by atoms with van der Waals surface area (Å²) in [5.74, 6) is -0.279. The minimum atomic E-state index is -0.427. The van der Waals surface area contributed by atoms with Crippen LogP contribution < -0.4 is 0 Å². The van der Waals surface area contributed by atoms with Crippen molar-refractivity contribution in [2.45, 2.75) is 52.2 Å². The SMILES string of the molecule is CC(C)(C)OC(=O)/C=C1\COC(C)(C)C1. The number of ether oxygens (including phenoxy) is 2. The van der Waals surface area contributed by atoms with Crippen LogP contribution in [-0.2, 0) is 14.3 Å². The molecule has 3 heteroatoms. The fourth-order valence-corrected chi connectivity index (χ4v) is 1.53. The normalized spacial score (nSPS) is 23.1. The van der Waals surface area contributed by atoms with Crippen molar-refractivity contribution in [3.63, 3.8) is 0 Å². The first-order valence-electron chi connectivity index (χ1n) is 5.24. The first-order valence-corrected chi connectivity index (χ1v) is 5.24. The van der Waals surface area contributed by atoms with Gasteiger partial charge in [0.05, 0.1) is 12.2 Å². The van der Waals surface area contributed by atoms with Crippen molar-refractivity contribution in [3.05, 3.63) is 11.6 Å². The molecule has 86 valence electrons. The zero-order valence-corrected chi connectivity index (χ0v) is 10.2. The molecule has 1 heterocycles. The van der Waals surface area contributed by atoms with Crippen molar-refractivity contribution in [2.24, 2.45) is 0 Å². The van der Waals surface area contributed by atoms with Crippen LogP contribution in [0.25, 0.3) is 0 Å². The van der Waals surface area contributed by atoms with Gasteiger partial charge in [-0.25, -0.2) is 4.79 Å². The highest BCUT2D eigenvalue weighted by molar-refractivity contribution is 5.83. The average Bonchev–Trinajstić information content (AvgIpc) is 2.25. The molecule has 0 bridgehead atoms. The third-order valence-electron chi connectivity index (χ3n) is 2.03. The Morgan fingerprint density at radius 1 is 1.47 bits per heavy atom.